The zero-order valence-corrected chi connectivity index (χ0v) is 21.1. The molecule has 36 heavy (non-hydrogen) atoms. The van der Waals surface area contributed by atoms with Crippen LogP contribution in [0.15, 0.2) is 65.8 Å². The molecule has 0 aliphatic rings. The zero-order chi connectivity index (χ0) is 26.1. The van der Waals surface area contributed by atoms with Crippen molar-refractivity contribution >= 4 is 21.6 Å². The molecule has 3 rings (SSSR count). The Morgan fingerprint density at radius 2 is 1.81 bits per heavy atom. The number of rotatable bonds is 12. The standard InChI is InChI=1S/C25H29FN4O5S/c1-30(2)11-4-12-35-21-9-10-24(36(32,33)29-20-13-22(34-3)17-27-16-20)23(14-21)25(31)28-15-18-5-7-19(26)8-6-18/h5-10,13-14,16-17,29H,4,11-12,15H2,1-3H3,(H,28,31). The van der Waals surface area contributed by atoms with Crippen LogP contribution in [0.25, 0.3) is 0 Å². The van der Waals surface area contributed by atoms with E-state index in [4.69, 9.17) is 9.47 Å². The van der Waals surface area contributed by atoms with Crippen LogP contribution in [0.3, 0.4) is 0 Å². The van der Waals surface area contributed by atoms with E-state index in [0.717, 1.165) is 13.0 Å². The third kappa shape index (κ3) is 7.65. The largest absolute Gasteiger partial charge is 0.495 e. The van der Waals surface area contributed by atoms with Gasteiger partial charge in [0.05, 0.1) is 37.4 Å². The second kappa shape index (κ2) is 12.3. The number of nitrogens with zero attached hydrogens (tertiary/aromatic N) is 2. The molecule has 0 atom stereocenters. The van der Waals surface area contributed by atoms with Crippen molar-refractivity contribution in [3.05, 3.63) is 77.9 Å². The van der Waals surface area contributed by atoms with Gasteiger partial charge in [-0.1, -0.05) is 12.1 Å². The molecule has 1 amide bonds. The van der Waals surface area contributed by atoms with Crippen LogP contribution in [0, 0.1) is 5.82 Å². The van der Waals surface area contributed by atoms with Crippen molar-refractivity contribution in [1.82, 2.24) is 15.2 Å². The number of aromatic nitrogens is 1. The number of methoxy groups -OCH3 is 1. The molecule has 0 fully saturated rings. The third-order valence-electron chi connectivity index (χ3n) is 5.07. The SMILES string of the molecule is COc1cncc(NS(=O)(=O)c2ccc(OCCCN(C)C)cc2C(=O)NCc2ccc(F)cc2)c1. The average Bonchev–Trinajstić information content (AvgIpc) is 2.85. The minimum absolute atomic E-state index is 0.0831. The lowest BCUT2D eigenvalue weighted by atomic mass is 10.1. The van der Waals surface area contributed by atoms with Crippen molar-refractivity contribution < 1.29 is 27.1 Å². The van der Waals surface area contributed by atoms with Gasteiger partial charge in [-0.3, -0.25) is 14.5 Å². The molecule has 3 aromatic rings. The highest BCUT2D eigenvalue weighted by molar-refractivity contribution is 7.92. The van der Waals surface area contributed by atoms with E-state index >= 15 is 0 Å². The fourth-order valence-corrected chi connectivity index (χ4v) is 4.48. The number of carbonyl (C=O) groups excluding carboxylic acids is 1. The molecule has 192 valence electrons. The lowest BCUT2D eigenvalue weighted by molar-refractivity contribution is 0.0947. The maximum atomic E-state index is 13.2. The van der Waals surface area contributed by atoms with E-state index in [-0.39, 0.29) is 22.7 Å². The molecular formula is C25H29FN4O5S. The summed E-state index contributed by atoms with van der Waals surface area (Å²) in [5.41, 5.74) is 0.743. The van der Waals surface area contributed by atoms with E-state index in [9.17, 15) is 17.6 Å². The van der Waals surface area contributed by atoms with Crippen LogP contribution in [-0.4, -0.2) is 58.6 Å². The maximum Gasteiger partial charge on any atom is 0.262 e. The Morgan fingerprint density at radius 1 is 1.06 bits per heavy atom. The molecule has 11 heteroatoms. The topological polar surface area (TPSA) is 110 Å². The van der Waals surface area contributed by atoms with E-state index in [1.807, 2.05) is 19.0 Å². The molecule has 2 aromatic carbocycles. The highest BCUT2D eigenvalue weighted by Crippen LogP contribution is 2.25. The van der Waals surface area contributed by atoms with Gasteiger partial charge >= 0.3 is 0 Å². The first-order valence-electron chi connectivity index (χ1n) is 11.1. The van der Waals surface area contributed by atoms with Crippen molar-refractivity contribution in [3.8, 4) is 11.5 Å². The summed E-state index contributed by atoms with van der Waals surface area (Å²) in [6.45, 7) is 1.30. The summed E-state index contributed by atoms with van der Waals surface area (Å²) in [5.74, 6) is -0.283. The quantitative estimate of drug-likeness (QED) is 0.356. The van der Waals surface area contributed by atoms with Gasteiger partial charge in [-0.25, -0.2) is 12.8 Å². The monoisotopic (exact) mass is 516 g/mol. The minimum atomic E-state index is -4.17. The Kier molecular flexibility index (Phi) is 9.20. The van der Waals surface area contributed by atoms with Crippen LogP contribution in [-0.2, 0) is 16.6 Å². The van der Waals surface area contributed by atoms with Crippen LogP contribution >= 0.6 is 0 Å². The van der Waals surface area contributed by atoms with Gasteiger partial charge in [-0.05, 0) is 56.4 Å². The second-order valence-electron chi connectivity index (χ2n) is 8.19. The number of nitrogens with one attached hydrogen (secondary N) is 2. The van der Waals surface area contributed by atoms with E-state index in [1.54, 1.807) is 0 Å². The molecule has 0 bridgehead atoms. The van der Waals surface area contributed by atoms with Gasteiger partial charge in [0.15, 0.2) is 0 Å². The van der Waals surface area contributed by atoms with Gasteiger partial charge in [0.25, 0.3) is 15.9 Å². The lowest BCUT2D eigenvalue weighted by Gasteiger charge is -2.15. The number of hydrogen-bond donors (Lipinski definition) is 2. The van der Waals surface area contributed by atoms with Gasteiger partial charge in [0.2, 0.25) is 0 Å². The van der Waals surface area contributed by atoms with Crippen molar-refractivity contribution in [3.63, 3.8) is 0 Å². The first-order chi connectivity index (χ1) is 17.2. The Balaban J connectivity index is 1.86. The second-order valence-corrected chi connectivity index (χ2v) is 9.84. The smallest absolute Gasteiger partial charge is 0.262 e. The predicted molar refractivity (Wildman–Crippen MR) is 134 cm³/mol. The van der Waals surface area contributed by atoms with Crippen molar-refractivity contribution in [2.75, 3.05) is 39.1 Å². The van der Waals surface area contributed by atoms with Crippen LogP contribution in [0.2, 0.25) is 0 Å². The molecule has 0 aliphatic carbocycles. The van der Waals surface area contributed by atoms with Gasteiger partial charge in [-0.15, -0.1) is 0 Å². The third-order valence-corrected chi connectivity index (χ3v) is 6.51. The molecule has 0 unspecified atom stereocenters. The average molecular weight is 517 g/mol. The molecule has 1 heterocycles. The molecule has 0 radical (unpaired) electrons. The molecule has 0 saturated heterocycles. The Bertz CT molecular complexity index is 1280. The molecule has 0 saturated carbocycles. The molecule has 0 aliphatic heterocycles. The summed E-state index contributed by atoms with van der Waals surface area (Å²) < 4.78 is 52.9. The molecule has 1 aromatic heterocycles. The summed E-state index contributed by atoms with van der Waals surface area (Å²) in [4.78, 5) is 18.8. The summed E-state index contributed by atoms with van der Waals surface area (Å²) >= 11 is 0. The first-order valence-corrected chi connectivity index (χ1v) is 12.6. The fraction of sp³-hybridized carbons (Fsp3) is 0.280. The minimum Gasteiger partial charge on any atom is -0.495 e. The van der Waals surface area contributed by atoms with Crippen molar-refractivity contribution in [1.29, 1.82) is 0 Å². The number of carbonyl (C=O) groups is 1. The maximum absolute atomic E-state index is 13.2. The number of benzene rings is 2. The number of anilines is 1. The van der Waals surface area contributed by atoms with Gasteiger partial charge in [-0.2, -0.15) is 0 Å². The van der Waals surface area contributed by atoms with Crippen LogP contribution in [0.1, 0.15) is 22.3 Å². The van der Waals surface area contributed by atoms with E-state index in [1.165, 1.54) is 68.0 Å². The van der Waals surface area contributed by atoms with E-state index < -0.39 is 21.7 Å². The van der Waals surface area contributed by atoms with Crippen molar-refractivity contribution in [2.24, 2.45) is 0 Å². The summed E-state index contributed by atoms with van der Waals surface area (Å²) in [6.07, 6.45) is 3.52. The van der Waals surface area contributed by atoms with Gasteiger partial charge in [0.1, 0.15) is 22.2 Å². The normalized spacial score (nSPS) is 11.2. The van der Waals surface area contributed by atoms with Crippen LogP contribution < -0.4 is 19.5 Å². The number of sulfonamides is 1. The number of amides is 1. The van der Waals surface area contributed by atoms with Crippen molar-refractivity contribution in [2.45, 2.75) is 17.9 Å². The molecule has 2 N–H and O–H groups in total. The number of halogens is 1. The summed E-state index contributed by atoms with van der Waals surface area (Å²) in [7, 11) is 1.17. The van der Waals surface area contributed by atoms with E-state index in [0.29, 0.717) is 23.7 Å². The Hall–Kier alpha value is -3.70. The van der Waals surface area contributed by atoms with Crippen LogP contribution in [0.4, 0.5) is 10.1 Å². The van der Waals surface area contributed by atoms with Crippen LogP contribution in [0.5, 0.6) is 11.5 Å². The number of ether oxygens (including phenoxy) is 2. The lowest BCUT2D eigenvalue weighted by Crippen LogP contribution is -2.26. The zero-order valence-electron chi connectivity index (χ0n) is 20.3. The predicted octanol–water partition coefficient (Wildman–Crippen LogP) is 3.29. The molecule has 9 nitrogen and oxygen atoms in total. The highest BCUT2D eigenvalue weighted by atomic mass is 32.2. The first kappa shape index (κ1) is 26.9. The Labute approximate surface area is 210 Å². The number of hydrogen-bond acceptors (Lipinski definition) is 7. The van der Waals surface area contributed by atoms with Gasteiger partial charge < -0.3 is 19.7 Å². The fourth-order valence-electron chi connectivity index (χ4n) is 3.26. The number of pyridine rings is 1. The van der Waals surface area contributed by atoms with Gasteiger partial charge in [0, 0.05) is 19.2 Å². The molecule has 0 spiro atoms. The summed E-state index contributed by atoms with van der Waals surface area (Å²) in [6, 6.07) is 11.3. The van der Waals surface area contributed by atoms with E-state index in [2.05, 4.69) is 15.0 Å². The summed E-state index contributed by atoms with van der Waals surface area (Å²) in [5, 5.41) is 2.69. The highest BCUT2D eigenvalue weighted by Gasteiger charge is 2.24. The molecular weight excluding hydrogens is 487 g/mol. The Morgan fingerprint density at radius 3 is 2.50 bits per heavy atom.